The highest BCUT2D eigenvalue weighted by atomic mass is 32.1. The Balaban J connectivity index is 1.18. The summed E-state index contributed by atoms with van der Waals surface area (Å²) >= 11 is 9.07. The van der Waals surface area contributed by atoms with Crippen LogP contribution in [0.15, 0.2) is 41.8 Å². The summed E-state index contributed by atoms with van der Waals surface area (Å²) in [6.45, 7) is 11.6. The molecule has 1 aliphatic rings. The van der Waals surface area contributed by atoms with E-state index >= 15 is 0 Å². The number of benzene rings is 1. The summed E-state index contributed by atoms with van der Waals surface area (Å²) in [6.07, 6.45) is 12.7. The number of rotatable bonds is 14. The smallest absolute Gasteiger partial charge is 0.174 e. The third-order valence-corrected chi connectivity index (χ3v) is 14.7. The number of aromatic nitrogens is 2. The van der Waals surface area contributed by atoms with E-state index in [0.29, 0.717) is 0 Å². The SMILES string of the molecule is CCCCCCc1csc(-c2cc(CCCCCC)c([B]c3ccc(-c4cc5c(s4)-c4sc(C)cc4C5(C)C)c4nsnc34)s2)c1. The Kier molecular flexibility index (Phi) is 9.73. The van der Waals surface area contributed by atoms with Crippen molar-refractivity contribution < 1.29 is 0 Å². The molecule has 0 spiro atoms. The van der Waals surface area contributed by atoms with Crippen LogP contribution in [0, 0.1) is 6.92 Å². The zero-order valence-electron chi connectivity index (χ0n) is 27.6. The molecule has 237 valence electrons. The molecule has 8 heteroatoms. The van der Waals surface area contributed by atoms with Gasteiger partial charge in [0, 0.05) is 40.2 Å². The summed E-state index contributed by atoms with van der Waals surface area (Å²) in [5.74, 6) is 0. The number of thiophene rings is 4. The molecule has 6 aromatic rings. The first-order valence-electron chi connectivity index (χ1n) is 16.9. The minimum atomic E-state index is 0.0418. The summed E-state index contributed by atoms with van der Waals surface area (Å²) in [6, 6.07) is 14.3. The number of fused-ring (bicyclic) bond motifs is 4. The molecule has 1 radical (unpaired) electrons. The van der Waals surface area contributed by atoms with Crippen LogP contribution in [-0.4, -0.2) is 16.0 Å². The van der Waals surface area contributed by atoms with Crippen molar-refractivity contribution in [2.75, 3.05) is 0 Å². The van der Waals surface area contributed by atoms with Crippen molar-refractivity contribution >= 4 is 85.6 Å². The molecule has 7 rings (SSSR count). The molecule has 0 atom stereocenters. The molecule has 1 aliphatic carbocycles. The maximum Gasteiger partial charge on any atom is 0.208 e. The molecule has 2 nitrogen and oxygen atoms in total. The second kappa shape index (κ2) is 13.8. The Morgan fingerprint density at radius 2 is 1.46 bits per heavy atom. The molecule has 0 saturated heterocycles. The average Bonchev–Trinajstić information content (AvgIpc) is 3.88. The Hall–Kier alpha value is -2.10. The van der Waals surface area contributed by atoms with Gasteiger partial charge in [-0.3, -0.25) is 0 Å². The lowest BCUT2D eigenvalue weighted by Crippen LogP contribution is -2.28. The van der Waals surface area contributed by atoms with E-state index in [0.717, 1.165) is 17.5 Å². The summed E-state index contributed by atoms with van der Waals surface area (Å²) < 4.78 is 11.1. The van der Waals surface area contributed by atoms with E-state index in [1.54, 1.807) is 0 Å². The fourth-order valence-corrected chi connectivity index (χ4v) is 12.3. The lowest BCUT2D eigenvalue weighted by molar-refractivity contribution is 0.663. The monoisotopic (exact) mass is 697 g/mol. The predicted octanol–water partition coefficient (Wildman–Crippen LogP) is 11.8. The van der Waals surface area contributed by atoms with Gasteiger partial charge < -0.3 is 0 Å². The highest BCUT2D eigenvalue weighted by molar-refractivity contribution is 7.28. The first kappa shape index (κ1) is 32.5. The van der Waals surface area contributed by atoms with Crippen LogP contribution in [-0.2, 0) is 18.3 Å². The zero-order valence-corrected chi connectivity index (χ0v) is 31.7. The summed E-state index contributed by atoms with van der Waals surface area (Å²) in [7, 11) is 2.40. The molecule has 0 N–H and O–H groups in total. The van der Waals surface area contributed by atoms with Crippen molar-refractivity contribution in [1.29, 1.82) is 0 Å². The first-order chi connectivity index (χ1) is 22.4. The van der Waals surface area contributed by atoms with Crippen LogP contribution >= 0.6 is 57.1 Å². The lowest BCUT2D eigenvalue weighted by Gasteiger charge is -2.19. The van der Waals surface area contributed by atoms with Crippen LogP contribution in [0.1, 0.15) is 106 Å². The van der Waals surface area contributed by atoms with Crippen molar-refractivity contribution in [2.45, 2.75) is 104 Å². The van der Waals surface area contributed by atoms with E-state index in [1.807, 2.05) is 45.3 Å². The van der Waals surface area contributed by atoms with Crippen LogP contribution in [0.4, 0.5) is 0 Å². The predicted molar refractivity (Wildman–Crippen MR) is 209 cm³/mol. The van der Waals surface area contributed by atoms with Gasteiger partial charge in [0.15, 0.2) is 0 Å². The van der Waals surface area contributed by atoms with Gasteiger partial charge in [0.05, 0.1) is 17.2 Å². The Morgan fingerprint density at radius 3 is 2.26 bits per heavy atom. The third kappa shape index (κ3) is 6.25. The number of nitrogens with zero attached hydrogens (tertiary/aromatic N) is 2. The van der Waals surface area contributed by atoms with E-state index in [-0.39, 0.29) is 5.41 Å². The minimum absolute atomic E-state index is 0.0418. The van der Waals surface area contributed by atoms with E-state index in [1.165, 1.54) is 137 Å². The average molecular weight is 698 g/mol. The standard InChI is InChI=1S/C38H42BN2S5/c1-6-8-10-12-14-24-19-31(42-22-24)32-20-25(15-13-11-9-7-2)37(45-32)39-29-17-16-26(33-34(29)41-46-40-33)30-21-28-36(44-30)35-27(38(28,4)5)18-23(3)43-35/h16-22H,6-15H2,1-5H3. The van der Waals surface area contributed by atoms with Crippen molar-refractivity contribution in [2.24, 2.45) is 0 Å². The second-order valence-electron chi connectivity index (χ2n) is 13.3. The molecule has 0 aliphatic heterocycles. The normalized spacial score (nSPS) is 13.5. The van der Waals surface area contributed by atoms with E-state index < -0.39 is 0 Å². The first-order valence-corrected chi connectivity index (χ1v) is 21.0. The van der Waals surface area contributed by atoms with E-state index in [2.05, 4.69) is 83.7 Å². The van der Waals surface area contributed by atoms with Gasteiger partial charge in [-0.2, -0.15) is 8.75 Å². The van der Waals surface area contributed by atoms with Gasteiger partial charge in [-0.1, -0.05) is 83.8 Å². The van der Waals surface area contributed by atoms with E-state index in [4.69, 9.17) is 8.75 Å². The molecule has 46 heavy (non-hydrogen) atoms. The molecule has 5 heterocycles. The van der Waals surface area contributed by atoms with Gasteiger partial charge in [0.2, 0.25) is 7.28 Å². The third-order valence-electron chi connectivity index (χ3n) is 9.50. The van der Waals surface area contributed by atoms with Gasteiger partial charge >= 0.3 is 0 Å². The molecular weight excluding hydrogens is 656 g/mol. The van der Waals surface area contributed by atoms with Crippen molar-refractivity contribution in [3.63, 3.8) is 0 Å². The second-order valence-corrected chi connectivity index (χ2v) is 18.2. The molecule has 0 saturated carbocycles. The van der Waals surface area contributed by atoms with Crippen molar-refractivity contribution in [3.05, 3.63) is 68.9 Å². The van der Waals surface area contributed by atoms with Crippen LogP contribution in [0.2, 0.25) is 0 Å². The van der Waals surface area contributed by atoms with E-state index in [9.17, 15) is 0 Å². The van der Waals surface area contributed by atoms with Gasteiger partial charge in [-0.05, 0) is 89.3 Å². The Bertz CT molecular complexity index is 1970. The quantitative estimate of drug-likeness (QED) is 0.0836. The Morgan fingerprint density at radius 1 is 0.717 bits per heavy atom. The number of hydrogen-bond acceptors (Lipinski definition) is 7. The van der Waals surface area contributed by atoms with Gasteiger partial charge in [-0.25, -0.2) is 0 Å². The highest BCUT2D eigenvalue weighted by Gasteiger charge is 2.39. The molecular formula is C38H42BN2S5. The molecule has 5 aromatic heterocycles. The number of unbranched alkanes of at least 4 members (excludes halogenated alkanes) is 6. The summed E-state index contributed by atoms with van der Waals surface area (Å²) in [5, 5.41) is 2.39. The largest absolute Gasteiger partial charge is 0.208 e. The highest BCUT2D eigenvalue weighted by Crippen LogP contribution is 2.57. The van der Waals surface area contributed by atoms with Crippen molar-refractivity contribution in [3.8, 4) is 29.9 Å². The summed E-state index contributed by atoms with van der Waals surface area (Å²) in [5.41, 5.74) is 10.4. The maximum absolute atomic E-state index is 4.87. The maximum atomic E-state index is 4.87. The molecule has 0 unspecified atom stereocenters. The van der Waals surface area contributed by atoms with Gasteiger partial charge in [0.1, 0.15) is 5.52 Å². The lowest BCUT2D eigenvalue weighted by atomic mass is 9.66. The molecule has 0 fully saturated rings. The number of hydrogen-bond donors (Lipinski definition) is 0. The molecule has 1 aromatic carbocycles. The number of aryl methyl sites for hydroxylation is 3. The van der Waals surface area contributed by atoms with Crippen LogP contribution in [0.5, 0.6) is 0 Å². The van der Waals surface area contributed by atoms with Crippen molar-refractivity contribution in [1.82, 2.24) is 8.75 Å². The summed E-state index contributed by atoms with van der Waals surface area (Å²) in [4.78, 5) is 8.42. The fourth-order valence-electron chi connectivity index (χ4n) is 6.81. The minimum Gasteiger partial charge on any atom is -0.174 e. The van der Waals surface area contributed by atoms with Crippen LogP contribution < -0.4 is 10.2 Å². The Labute approximate surface area is 295 Å². The zero-order chi connectivity index (χ0) is 31.8. The molecule has 0 amide bonds. The van der Waals surface area contributed by atoms with Crippen LogP contribution in [0.25, 0.3) is 41.0 Å². The van der Waals surface area contributed by atoms with Crippen LogP contribution in [0.3, 0.4) is 0 Å². The van der Waals surface area contributed by atoms with Gasteiger partial charge in [0.25, 0.3) is 0 Å². The fraction of sp³-hybridized carbons (Fsp3) is 0.421. The van der Waals surface area contributed by atoms with Gasteiger partial charge in [-0.15, -0.1) is 45.3 Å². The molecule has 0 bridgehead atoms. The topological polar surface area (TPSA) is 25.8 Å².